The van der Waals surface area contributed by atoms with Crippen molar-refractivity contribution in [2.45, 2.75) is 16.6 Å². The van der Waals surface area contributed by atoms with Gasteiger partial charge in [-0.15, -0.1) is 16.9 Å². The Labute approximate surface area is 221 Å². The van der Waals surface area contributed by atoms with E-state index in [1.54, 1.807) is 7.05 Å². The molecule has 2 aromatic heterocycles. The number of aromatic nitrogens is 5. The third kappa shape index (κ3) is 4.80. The van der Waals surface area contributed by atoms with Gasteiger partial charge in [0.05, 0.1) is 10.0 Å². The van der Waals surface area contributed by atoms with Gasteiger partial charge in [0.15, 0.2) is 5.71 Å². The van der Waals surface area contributed by atoms with Crippen molar-refractivity contribution in [2.24, 2.45) is 12.2 Å². The molecule has 190 valence electrons. The lowest BCUT2D eigenvalue weighted by Gasteiger charge is -2.49. The molecule has 2 aliphatic rings. The molecule has 18 heteroatoms. The van der Waals surface area contributed by atoms with E-state index in [1.165, 1.54) is 41.4 Å². The number of amides is 2. The summed E-state index contributed by atoms with van der Waals surface area (Å²) in [6.45, 7) is 0. The van der Waals surface area contributed by atoms with E-state index in [2.05, 4.69) is 31.0 Å². The number of hydrogen-bond donors (Lipinski definition) is 3. The topological polar surface area (TPSA) is 191 Å². The zero-order valence-electron chi connectivity index (χ0n) is 18.5. The van der Waals surface area contributed by atoms with Crippen LogP contribution in [0.2, 0.25) is 10.0 Å². The maximum absolute atomic E-state index is 13.0. The van der Waals surface area contributed by atoms with E-state index in [0.29, 0.717) is 16.5 Å². The fourth-order valence-corrected chi connectivity index (χ4v) is 6.21. The molecule has 0 bridgehead atoms. The normalized spacial score (nSPS) is 19.6. The second kappa shape index (κ2) is 10.5. The second-order valence-electron chi connectivity index (χ2n) is 7.30. The van der Waals surface area contributed by atoms with Crippen LogP contribution in [0.4, 0.5) is 5.82 Å². The van der Waals surface area contributed by atoms with E-state index in [0.717, 1.165) is 4.90 Å². The van der Waals surface area contributed by atoms with Gasteiger partial charge in [-0.1, -0.05) is 40.1 Å². The Morgan fingerprint density at radius 2 is 2.17 bits per heavy atom. The molecule has 1 unspecified atom stereocenters. The molecule has 0 spiro atoms. The highest BCUT2D eigenvalue weighted by Gasteiger charge is 2.54. The minimum Gasteiger partial charge on any atom is -0.477 e. The van der Waals surface area contributed by atoms with Gasteiger partial charge in [-0.05, 0) is 22.1 Å². The predicted molar refractivity (Wildman–Crippen MR) is 131 cm³/mol. The molecule has 36 heavy (non-hydrogen) atoms. The van der Waals surface area contributed by atoms with Crippen LogP contribution < -0.4 is 11.1 Å². The molecule has 4 N–H and O–H groups in total. The standard InChI is InChI=1S/C18H17Cl2N9O5S2/c1-28-18(24-26-27-28)36-5-6-4-35-16-11(15(31)29(16)12(6)17(32)33)23-14(30)10(25-34-2)9-7(19)3-8(20)13(21)22-9/h3,11,16H,4-5H2,1-2H3,(H2,21,22)(H,23,30)(H,32,33)/t11?,16-/m0/s1. The number of halogens is 2. The van der Waals surface area contributed by atoms with Crippen molar-refractivity contribution in [3.05, 3.63) is 33.1 Å². The number of nitrogens with zero attached hydrogens (tertiary/aromatic N) is 7. The van der Waals surface area contributed by atoms with Gasteiger partial charge < -0.3 is 21.0 Å². The molecule has 0 radical (unpaired) electrons. The highest BCUT2D eigenvalue weighted by molar-refractivity contribution is 8.01. The highest BCUT2D eigenvalue weighted by Crippen LogP contribution is 2.41. The lowest BCUT2D eigenvalue weighted by molar-refractivity contribution is -0.150. The highest BCUT2D eigenvalue weighted by atomic mass is 35.5. The molecular formula is C18H17Cl2N9O5S2. The molecule has 1 fully saturated rings. The van der Waals surface area contributed by atoms with Gasteiger partial charge in [0.1, 0.15) is 35.7 Å². The number of β-lactam (4-membered cyclic amide) rings is 1. The largest absolute Gasteiger partial charge is 0.477 e. The zero-order valence-corrected chi connectivity index (χ0v) is 21.7. The average Bonchev–Trinajstić information content (AvgIpc) is 3.25. The van der Waals surface area contributed by atoms with E-state index in [4.69, 9.17) is 33.8 Å². The minimum atomic E-state index is -1.25. The summed E-state index contributed by atoms with van der Waals surface area (Å²) in [4.78, 5) is 47.9. The number of nitrogen functional groups attached to an aromatic ring is 1. The van der Waals surface area contributed by atoms with Gasteiger partial charge in [-0.2, -0.15) is 0 Å². The van der Waals surface area contributed by atoms with Crippen LogP contribution in [-0.2, 0) is 26.3 Å². The monoisotopic (exact) mass is 573 g/mol. The number of nitrogens with two attached hydrogens (primary N) is 1. The third-order valence-electron chi connectivity index (χ3n) is 5.07. The van der Waals surface area contributed by atoms with Crippen molar-refractivity contribution in [1.82, 2.24) is 35.4 Å². The maximum atomic E-state index is 13.0. The summed E-state index contributed by atoms with van der Waals surface area (Å²) >= 11 is 14.6. The fourth-order valence-electron chi connectivity index (χ4n) is 3.43. The van der Waals surface area contributed by atoms with E-state index >= 15 is 0 Å². The number of fused-ring (bicyclic) bond motifs is 1. The number of nitrogens with one attached hydrogen (secondary N) is 1. The van der Waals surface area contributed by atoms with Gasteiger partial charge in [0.2, 0.25) is 5.16 Å². The van der Waals surface area contributed by atoms with Gasteiger partial charge >= 0.3 is 5.97 Å². The van der Waals surface area contributed by atoms with E-state index < -0.39 is 29.2 Å². The number of thioether (sulfide) groups is 2. The first-order valence-electron chi connectivity index (χ1n) is 9.93. The van der Waals surface area contributed by atoms with Crippen molar-refractivity contribution >= 4 is 76.0 Å². The van der Waals surface area contributed by atoms with Gasteiger partial charge in [0, 0.05) is 18.6 Å². The number of carboxylic acids is 1. The van der Waals surface area contributed by atoms with Crippen molar-refractivity contribution in [1.29, 1.82) is 0 Å². The zero-order chi connectivity index (χ0) is 26.1. The molecule has 2 atom stereocenters. The summed E-state index contributed by atoms with van der Waals surface area (Å²) in [5.41, 5.74) is 5.70. The summed E-state index contributed by atoms with van der Waals surface area (Å²) in [5.74, 6) is -2.15. The number of carbonyl (C=O) groups is 3. The van der Waals surface area contributed by atoms with Crippen LogP contribution in [0, 0.1) is 0 Å². The number of carboxylic acid groups (broad SMARTS) is 1. The molecule has 4 rings (SSSR count). The number of anilines is 1. The summed E-state index contributed by atoms with van der Waals surface area (Å²) in [7, 11) is 2.88. The van der Waals surface area contributed by atoms with Crippen LogP contribution >= 0.6 is 46.7 Å². The van der Waals surface area contributed by atoms with Gasteiger partial charge in [-0.3, -0.25) is 14.5 Å². The number of rotatable bonds is 8. The summed E-state index contributed by atoms with van der Waals surface area (Å²) in [6.07, 6.45) is 0. The second-order valence-corrected chi connectivity index (χ2v) is 10.2. The quantitative estimate of drug-likeness (QED) is 0.170. The Balaban J connectivity index is 1.53. The Hall–Kier alpha value is -3.08. The van der Waals surface area contributed by atoms with Crippen LogP contribution in [0.25, 0.3) is 0 Å². The molecule has 1 saturated heterocycles. The number of tetrazole rings is 1. The van der Waals surface area contributed by atoms with E-state index in [1.807, 2.05) is 0 Å². The third-order valence-corrected chi connectivity index (χ3v) is 8.10. The molecule has 2 aliphatic heterocycles. The molecule has 0 saturated carbocycles. The van der Waals surface area contributed by atoms with Crippen LogP contribution in [-0.4, -0.2) is 88.7 Å². The van der Waals surface area contributed by atoms with Crippen LogP contribution in [0.15, 0.2) is 27.6 Å². The molecular weight excluding hydrogens is 557 g/mol. The lowest BCUT2D eigenvalue weighted by Crippen LogP contribution is -2.71. The summed E-state index contributed by atoms with van der Waals surface area (Å²) in [5, 5.41) is 27.1. The number of carbonyl (C=O) groups excluding carboxylic acids is 2. The number of aliphatic carboxylic acids is 1. The van der Waals surface area contributed by atoms with Crippen LogP contribution in [0.3, 0.4) is 0 Å². The number of oxime groups is 1. The average molecular weight is 574 g/mol. The summed E-state index contributed by atoms with van der Waals surface area (Å²) in [6, 6.07) is 0.284. The maximum Gasteiger partial charge on any atom is 0.352 e. The first kappa shape index (κ1) is 26.0. The lowest BCUT2D eigenvalue weighted by atomic mass is 10.0. The molecule has 4 heterocycles. The molecule has 0 aromatic carbocycles. The molecule has 2 amide bonds. The smallest absolute Gasteiger partial charge is 0.352 e. The fraction of sp³-hybridized carbons (Fsp3) is 0.333. The Morgan fingerprint density at radius 3 is 2.81 bits per heavy atom. The first-order chi connectivity index (χ1) is 17.1. The van der Waals surface area contributed by atoms with Crippen LogP contribution in [0.1, 0.15) is 5.69 Å². The van der Waals surface area contributed by atoms with E-state index in [-0.39, 0.29) is 38.7 Å². The SMILES string of the molecule is CON=C(C(=O)NC1C(=O)N2C(C(=O)O)=C(CSc3nnnn3C)CS[C@@H]12)c1nc(N)c(Cl)cc1Cl. The van der Waals surface area contributed by atoms with E-state index in [9.17, 15) is 19.5 Å². The molecule has 14 nitrogen and oxygen atoms in total. The first-order valence-corrected chi connectivity index (χ1v) is 12.7. The van der Waals surface area contributed by atoms with Crippen LogP contribution in [0.5, 0.6) is 0 Å². The Bertz CT molecular complexity index is 1320. The Morgan fingerprint density at radius 1 is 1.42 bits per heavy atom. The van der Waals surface area contributed by atoms with Crippen molar-refractivity contribution in [2.75, 3.05) is 24.3 Å². The predicted octanol–water partition coefficient (Wildman–Crippen LogP) is 0.375. The summed E-state index contributed by atoms with van der Waals surface area (Å²) < 4.78 is 1.46. The minimum absolute atomic E-state index is 0.00916. The number of aryl methyl sites for hydroxylation is 1. The van der Waals surface area contributed by atoms with Crippen molar-refractivity contribution in [3.8, 4) is 0 Å². The van der Waals surface area contributed by atoms with Gasteiger partial charge in [-0.25, -0.2) is 14.5 Å². The molecule has 2 aromatic rings. The number of pyridine rings is 1. The van der Waals surface area contributed by atoms with Gasteiger partial charge in [0.25, 0.3) is 11.8 Å². The van der Waals surface area contributed by atoms with Crippen molar-refractivity contribution < 1.29 is 24.3 Å². The van der Waals surface area contributed by atoms with Crippen molar-refractivity contribution in [3.63, 3.8) is 0 Å². The molecule has 0 aliphatic carbocycles. The number of hydrogen-bond acceptors (Lipinski definition) is 12. The Kier molecular flexibility index (Phi) is 7.58.